The van der Waals surface area contributed by atoms with Crippen molar-refractivity contribution >= 4 is 29.7 Å². The van der Waals surface area contributed by atoms with E-state index in [2.05, 4.69) is 10.6 Å². The molecule has 1 aromatic rings. The van der Waals surface area contributed by atoms with Gasteiger partial charge in [-0.3, -0.25) is 9.59 Å². The molecule has 0 spiro atoms. The highest BCUT2D eigenvalue weighted by Crippen LogP contribution is 2.29. The van der Waals surface area contributed by atoms with Crippen LogP contribution >= 0.6 is 11.8 Å². The maximum atomic E-state index is 14.1. The average molecular weight is 534 g/mol. The van der Waals surface area contributed by atoms with Crippen molar-refractivity contribution in [1.82, 2.24) is 15.5 Å². The van der Waals surface area contributed by atoms with Gasteiger partial charge in [-0.25, -0.2) is 4.79 Å². The first kappa shape index (κ1) is 31.0. The van der Waals surface area contributed by atoms with E-state index in [9.17, 15) is 14.4 Å². The van der Waals surface area contributed by atoms with E-state index >= 15 is 0 Å². The summed E-state index contributed by atoms with van der Waals surface area (Å²) in [4.78, 5) is 42.4. The van der Waals surface area contributed by atoms with E-state index in [-0.39, 0.29) is 23.9 Å². The van der Waals surface area contributed by atoms with Gasteiger partial charge in [0.2, 0.25) is 11.8 Å². The second-order valence-corrected chi connectivity index (χ2v) is 12.4. The molecule has 1 saturated carbocycles. The molecule has 1 fully saturated rings. The van der Waals surface area contributed by atoms with Gasteiger partial charge in [-0.1, -0.05) is 43.0 Å². The summed E-state index contributed by atoms with van der Waals surface area (Å²) >= 11 is 1.60. The molecular formula is C29H47N3O4S. The van der Waals surface area contributed by atoms with Crippen LogP contribution in [0.5, 0.6) is 0 Å². The van der Waals surface area contributed by atoms with Crippen molar-refractivity contribution in [2.45, 2.75) is 117 Å². The molecule has 0 saturated heterocycles. The Labute approximate surface area is 227 Å². The molecule has 2 unspecified atom stereocenters. The Bertz CT molecular complexity index is 922. The minimum absolute atomic E-state index is 0.116. The summed E-state index contributed by atoms with van der Waals surface area (Å²) in [7, 11) is 0. The Morgan fingerprint density at radius 1 is 1.11 bits per heavy atom. The Morgan fingerprint density at radius 2 is 1.76 bits per heavy atom. The summed E-state index contributed by atoms with van der Waals surface area (Å²) in [5, 5.41) is 6.05. The topological polar surface area (TPSA) is 87.7 Å². The van der Waals surface area contributed by atoms with Crippen LogP contribution in [0, 0.1) is 13.8 Å². The first-order valence-corrected chi connectivity index (χ1v) is 14.9. The molecule has 7 nitrogen and oxygen atoms in total. The van der Waals surface area contributed by atoms with E-state index in [0.29, 0.717) is 12.2 Å². The molecule has 2 N–H and O–H groups in total. The zero-order valence-electron chi connectivity index (χ0n) is 24.0. The molecule has 0 radical (unpaired) electrons. The second-order valence-electron chi connectivity index (χ2n) is 11.4. The van der Waals surface area contributed by atoms with E-state index in [1.807, 2.05) is 52.1 Å². The smallest absolute Gasteiger partial charge is 0.408 e. The fraction of sp³-hybridized carbons (Fsp3) is 0.690. The minimum Gasteiger partial charge on any atom is -0.444 e. The Hall–Kier alpha value is -2.22. The molecule has 0 aliphatic heterocycles. The van der Waals surface area contributed by atoms with Gasteiger partial charge in [0, 0.05) is 12.1 Å². The maximum absolute atomic E-state index is 14.1. The molecule has 3 amide bonds. The molecule has 2 atom stereocenters. The summed E-state index contributed by atoms with van der Waals surface area (Å²) in [6.07, 6.45) is 7.07. The molecule has 0 heterocycles. The van der Waals surface area contributed by atoms with Crippen molar-refractivity contribution in [3.05, 3.63) is 34.9 Å². The quantitative estimate of drug-likeness (QED) is 0.404. The first-order valence-electron chi connectivity index (χ1n) is 13.5. The molecule has 2 rings (SSSR count). The lowest BCUT2D eigenvalue weighted by molar-refractivity contribution is -0.145. The number of amides is 3. The lowest BCUT2D eigenvalue weighted by atomic mass is 9.92. The van der Waals surface area contributed by atoms with Gasteiger partial charge in [-0.2, -0.15) is 11.8 Å². The van der Waals surface area contributed by atoms with Crippen LogP contribution in [0.3, 0.4) is 0 Å². The third kappa shape index (κ3) is 9.55. The number of nitrogens with one attached hydrogen (secondary N) is 2. The number of nitrogens with zero attached hydrogens (tertiary/aromatic N) is 1. The Balaban J connectivity index is 2.47. The fourth-order valence-corrected chi connectivity index (χ4v) is 5.35. The molecule has 208 valence electrons. The standard InChI is InChI=1S/C29H47N3O4S/c1-19(2)32(27(34)24(16-17-37-8)31-28(35)36-29(5,6)7)25(23-15-14-20(3)18-21(23)4)26(33)30-22-12-10-9-11-13-22/h14-15,18-19,22,24-25H,9-13,16-17H2,1-8H3,(H,30,33)(H,31,35). The molecule has 1 aliphatic rings. The third-order valence-corrected chi connectivity index (χ3v) is 7.25. The zero-order chi connectivity index (χ0) is 27.8. The number of benzene rings is 1. The molecule has 0 bridgehead atoms. The lowest BCUT2D eigenvalue weighted by Gasteiger charge is -2.38. The highest BCUT2D eigenvalue weighted by Gasteiger charge is 2.38. The summed E-state index contributed by atoms with van der Waals surface area (Å²) in [6.45, 7) is 13.2. The number of ether oxygens (including phenoxy) is 1. The minimum atomic E-state index is -0.805. The summed E-state index contributed by atoms with van der Waals surface area (Å²) in [6, 6.07) is 4.22. The van der Waals surface area contributed by atoms with Gasteiger partial charge in [-0.15, -0.1) is 0 Å². The van der Waals surface area contributed by atoms with Crippen molar-refractivity contribution in [1.29, 1.82) is 0 Å². The highest BCUT2D eigenvalue weighted by molar-refractivity contribution is 7.98. The predicted molar refractivity (Wildman–Crippen MR) is 152 cm³/mol. The van der Waals surface area contributed by atoms with Crippen molar-refractivity contribution in [2.24, 2.45) is 0 Å². The van der Waals surface area contributed by atoms with Gasteiger partial charge in [0.25, 0.3) is 0 Å². The number of hydrogen-bond donors (Lipinski definition) is 2. The summed E-state index contributed by atoms with van der Waals surface area (Å²) in [5.41, 5.74) is 2.18. The normalized spacial score (nSPS) is 16.1. The number of carbonyl (C=O) groups is 3. The third-order valence-electron chi connectivity index (χ3n) is 6.61. The maximum Gasteiger partial charge on any atom is 0.408 e. The van der Waals surface area contributed by atoms with Crippen molar-refractivity contribution in [3.63, 3.8) is 0 Å². The highest BCUT2D eigenvalue weighted by atomic mass is 32.2. The largest absolute Gasteiger partial charge is 0.444 e. The van der Waals surface area contributed by atoms with Crippen LogP contribution in [0.2, 0.25) is 0 Å². The van der Waals surface area contributed by atoms with Gasteiger partial charge >= 0.3 is 6.09 Å². The van der Waals surface area contributed by atoms with E-state index in [4.69, 9.17) is 4.74 Å². The molecule has 37 heavy (non-hydrogen) atoms. The lowest BCUT2D eigenvalue weighted by Crippen LogP contribution is -2.56. The summed E-state index contributed by atoms with van der Waals surface area (Å²) in [5.74, 6) is 0.237. The van der Waals surface area contributed by atoms with E-state index < -0.39 is 23.8 Å². The number of hydrogen-bond acceptors (Lipinski definition) is 5. The van der Waals surface area contributed by atoms with Gasteiger partial charge in [0.05, 0.1) is 0 Å². The Kier molecular flexibility index (Phi) is 11.8. The zero-order valence-corrected chi connectivity index (χ0v) is 24.8. The van der Waals surface area contributed by atoms with Gasteiger partial charge in [0.15, 0.2) is 0 Å². The molecular weight excluding hydrogens is 486 g/mol. The monoisotopic (exact) mass is 533 g/mol. The molecule has 1 aromatic carbocycles. The number of carbonyl (C=O) groups excluding carboxylic acids is 3. The Morgan fingerprint density at radius 3 is 2.30 bits per heavy atom. The first-order chi connectivity index (χ1) is 17.3. The van der Waals surface area contributed by atoms with Crippen LogP contribution in [0.1, 0.15) is 95.9 Å². The SMILES string of the molecule is CSCCC(NC(=O)OC(C)(C)C)C(=O)N(C(C)C)C(C(=O)NC1CCCCC1)c1ccc(C)cc1C. The van der Waals surface area contributed by atoms with Gasteiger partial charge in [-0.05, 0) is 90.9 Å². The van der Waals surface area contributed by atoms with Crippen LogP contribution in [0.15, 0.2) is 18.2 Å². The number of thioether (sulfide) groups is 1. The number of alkyl carbamates (subject to hydrolysis) is 1. The number of aryl methyl sites for hydroxylation is 2. The van der Waals surface area contributed by atoms with E-state index in [0.717, 1.165) is 42.4 Å². The predicted octanol–water partition coefficient (Wildman–Crippen LogP) is 5.68. The average Bonchev–Trinajstić information content (AvgIpc) is 2.79. The van der Waals surface area contributed by atoms with Crippen LogP contribution < -0.4 is 10.6 Å². The van der Waals surface area contributed by atoms with Crippen molar-refractivity contribution in [3.8, 4) is 0 Å². The van der Waals surface area contributed by atoms with Gasteiger partial charge in [0.1, 0.15) is 17.7 Å². The van der Waals surface area contributed by atoms with Crippen LogP contribution in [0.25, 0.3) is 0 Å². The van der Waals surface area contributed by atoms with Gasteiger partial charge < -0.3 is 20.3 Å². The van der Waals surface area contributed by atoms with Crippen LogP contribution in [0.4, 0.5) is 4.79 Å². The number of rotatable bonds is 10. The van der Waals surface area contributed by atoms with Crippen molar-refractivity contribution < 1.29 is 19.1 Å². The van der Waals surface area contributed by atoms with Crippen LogP contribution in [-0.4, -0.2) is 58.5 Å². The summed E-state index contributed by atoms with van der Waals surface area (Å²) < 4.78 is 5.46. The molecule has 1 aliphatic carbocycles. The second kappa shape index (κ2) is 14.1. The van der Waals surface area contributed by atoms with E-state index in [1.54, 1.807) is 37.4 Å². The van der Waals surface area contributed by atoms with Crippen LogP contribution in [-0.2, 0) is 14.3 Å². The van der Waals surface area contributed by atoms with Crippen molar-refractivity contribution in [2.75, 3.05) is 12.0 Å². The molecule has 0 aromatic heterocycles. The molecule has 8 heteroatoms. The fourth-order valence-electron chi connectivity index (χ4n) is 4.88. The van der Waals surface area contributed by atoms with E-state index in [1.165, 1.54) is 6.42 Å².